The van der Waals surface area contributed by atoms with E-state index in [0.29, 0.717) is 44.9 Å². The summed E-state index contributed by atoms with van der Waals surface area (Å²) in [6.07, 6.45) is 2.41. The highest BCUT2D eigenvalue weighted by Gasteiger charge is 2.20. The number of amides is 1. The summed E-state index contributed by atoms with van der Waals surface area (Å²) >= 11 is 11.9. The van der Waals surface area contributed by atoms with Crippen LogP contribution in [0.5, 0.6) is 5.75 Å². The highest BCUT2D eigenvalue weighted by atomic mass is 35.5. The van der Waals surface area contributed by atoms with Crippen LogP contribution in [-0.4, -0.2) is 22.4 Å². The molecule has 0 radical (unpaired) electrons. The molecule has 3 aromatic rings. The fraction of sp³-hybridized carbons (Fsp3) is 0.176. The zero-order chi connectivity index (χ0) is 17.3. The lowest BCUT2D eigenvalue weighted by molar-refractivity contribution is 0.102. The van der Waals surface area contributed by atoms with Gasteiger partial charge in [0.25, 0.3) is 5.91 Å². The second-order valence-corrected chi connectivity index (χ2v) is 5.93. The molecule has 3 rings (SSSR count). The van der Waals surface area contributed by atoms with E-state index in [0.717, 1.165) is 0 Å². The average Bonchev–Trinajstić information content (AvgIpc) is 2.96. The number of halogens is 2. The molecule has 0 fully saturated rings. The summed E-state index contributed by atoms with van der Waals surface area (Å²) in [5, 5.41) is 3.65. The van der Waals surface area contributed by atoms with Gasteiger partial charge in [-0.15, -0.1) is 0 Å². The van der Waals surface area contributed by atoms with Crippen LogP contribution in [0.15, 0.2) is 36.5 Å². The van der Waals surface area contributed by atoms with Crippen LogP contribution in [-0.2, 0) is 6.42 Å². The number of ether oxygens (including phenoxy) is 1. The molecule has 2 aromatic heterocycles. The largest absolute Gasteiger partial charge is 0.493 e. The first-order chi connectivity index (χ1) is 11.5. The standard InChI is InChI=1S/C17H15Cl2N3O2/c1-3-13-15(22-8-4-5-14(24-2)16(22)21-13)17(23)20-10-6-7-11(18)12(19)9-10/h4-9H,3H2,1-2H3,(H,20,23). The van der Waals surface area contributed by atoms with E-state index in [1.807, 2.05) is 19.1 Å². The van der Waals surface area contributed by atoms with Gasteiger partial charge in [0.2, 0.25) is 0 Å². The number of anilines is 1. The molecule has 2 heterocycles. The van der Waals surface area contributed by atoms with Crippen LogP contribution in [0.1, 0.15) is 23.1 Å². The first kappa shape index (κ1) is 16.6. The van der Waals surface area contributed by atoms with E-state index in [2.05, 4.69) is 10.3 Å². The zero-order valence-electron chi connectivity index (χ0n) is 13.1. The number of hydrogen-bond acceptors (Lipinski definition) is 3. The van der Waals surface area contributed by atoms with Crippen molar-refractivity contribution in [2.75, 3.05) is 12.4 Å². The Labute approximate surface area is 149 Å². The van der Waals surface area contributed by atoms with Crippen molar-refractivity contribution in [1.82, 2.24) is 9.38 Å². The maximum absolute atomic E-state index is 12.8. The van der Waals surface area contributed by atoms with Crippen molar-refractivity contribution in [3.05, 3.63) is 58.0 Å². The van der Waals surface area contributed by atoms with Gasteiger partial charge in [-0.2, -0.15) is 0 Å². The molecule has 0 aliphatic rings. The number of rotatable bonds is 4. The molecule has 0 unspecified atom stereocenters. The molecule has 1 aromatic carbocycles. The Balaban J connectivity index is 2.04. The van der Waals surface area contributed by atoms with Crippen LogP contribution >= 0.6 is 23.2 Å². The van der Waals surface area contributed by atoms with E-state index in [1.165, 1.54) is 0 Å². The molecule has 5 nitrogen and oxygen atoms in total. The van der Waals surface area contributed by atoms with Gasteiger partial charge < -0.3 is 10.1 Å². The maximum Gasteiger partial charge on any atom is 0.274 e. The number of nitrogens with zero attached hydrogens (tertiary/aromatic N) is 2. The minimum absolute atomic E-state index is 0.272. The highest BCUT2D eigenvalue weighted by Crippen LogP contribution is 2.26. The molecular weight excluding hydrogens is 349 g/mol. The number of hydrogen-bond donors (Lipinski definition) is 1. The average molecular weight is 364 g/mol. The van der Waals surface area contributed by atoms with Crippen LogP contribution in [0.25, 0.3) is 5.65 Å². The SMILES string of the molecule is CCc1nc2c(OC)cccn2c1C(=O)Nc1ccc(Cl)c(Cl)c1. The van der Waals surface area contributed by atoms with E-state index in [-0.39, 0.29) is 5.91 Å². The van der Waals surface area contributed by atoms with Crippen LogP contribution in [0.4, 0.5) is 5.69 Å². The van der Waals surface area contributed by atoms with Crippen LogP contribution in [0.2, 0.25) is 10.0 Å². The number of fused-ring (bicyclic) bond motifs is 1. The van der Waals surface area contributed by atoms with Gasteiger partial charge in [0.05, 0.1) is 22.8 Å². The highest BCUT2D eigenvalue weighted by molar-refractivity contribution is 6.42. The van der Waals surface area contributed by atoms with Gasteiger partial charge in [0.15, 0.2) is 11.4 Å². The van der Waals surface area contributed by atoms with Gasteiger partial charge in [-0.1, -0.05) is 30.1 Å². The summed E-state index contributed by atoms with van der Waals surface area (Å²) in [7, 11) is 1.57. The monoisotopic (exact) mass is 363 g/mol. The zero-order valence-corrected chi connectivity index (χ0v) is 14.6. The van der Waals surface area contributed by atoms with Crippen molar-refractivity contribution in [3.63, 3.8) is 0 Å². The summed E-state index contributed by atoms with van der Waals surface area (Å²) in [4.78, 5) is 17.3. The number of carbonyl (C=O) groups excluding carboxylic acids is 1. The van der Waals surface area contributed by atoms with Gasteiger partial charge in [-0.05, 0) is 36.8 Å². The van der Waals surface area contributed by atoms with Crippen molar-refractivity contribution >= 4 is 40.4 Å². The van der Waals surface area contributed by atoms with Gasteiger partial charge >= 0.3 is 0 Å². The first-order valence-corrected chi connectivity index (χ1v) is 8.11. The molecular formula is C17H15Cl2N3O2. The Hall–Kier alpha value is -2.24. The topological polar surface area (TPSA) is 55.6 Å². The Morgan fingerprint density at radius 1 is 1.29 bits per heavy atom. The van der Waals surface area contributed by atoms with Crippen molar-refractivity contribution in [2.45, 2.75) is 13.3 Å². The predicted molar refractivity (Wildman–Crippen MR) is 95.5 cm³/mol. The van der Waals surface area contributed by atoms with E-state index < -0.39 is 0 Å². The number of pyridine rings is 1. The van der Waals surface area contributed by atoms with Crippen LogP contribution in [0.3, 0.4) is 0 Å². The number of methoxy groups -OCH3 is 1. The fourth-order valence-corrected chi connectivity index (χ4v) is 2.80. The van der Waals surface area contributed by atoms with E-state index in [1.54, 1.807) is 35.9 Å². The molecule has 0 aliphatic carbocycles. The quantitative estimate of drug-likeness (QED) is 0.744. The molecule has 0 atom stereocenters. The van der Waals surface area contributed by atoms with Crippen molar-refractivity contribution < 1.29 is 9.53 Å². The normalized spacial score (nSPS) is 10.8. The second-order valence-electron chi connectivity index (χ2n) is 5.11. The van der Waals surface area contributed by atoms with Crippen molar-refractivity contribution in [3.8, 4) is 5.75 Å². The third-order valence-corrected chi connectivity index (χ3v) is 4.37. The summed E-state index contributed by atoms with van der Waals surface area (Å²) < 4.78 is 7.05. The van der Waals surface area contributed by atoms with Gasteiger partial charge in [0.1, 0.15) is 5.69 Å². The molecule has 0 spiro atoms. The fourth-order valence-electron chi connectivity index (χ4n) is 2.50. The van der Waals surface area contributed by atoms with Gasteiger partial charge in [-0.3, -0.25) is 9.20 Å². The molecule has 1 amide bonds. The molecule has 0 aliphatic heterocycles. The Kier molecular flexibility index (Phi) is 4.64. The molecule has 24 heavy (non-hydrogen) atoms. The Bertz CT molecular complexity index is 922. The van der Waals surface area contributed by atoms with Crippen molar-refractivity contribution in [1.29, 1.82) is 0 Å². The molecule has 0 saturated heterocycles. The first-order valence-electron chi connectivity index (χ1n) is 7.35. The predicted octanol–water partition coefficient (Wildman–Crippen LogP) is 4.46. The molecule has 1 N–H and O–H groups in total. The maximum atomic E-state index is 12.8. The summed E-state index contributed by atoms with van der Waals surface area (Å²) in [5.74, 6) is 0.340. The van der Waals surface area contributed by atoms with Crippen LogP contribution in [0, 0.1) is 0 Å². The number of carbonyl (C=O) groups is 1. The number of aromatic nitrogens is 2. The van der Waals surface area contributed by atoms with E-state index >= 15 is 0 Å². The summed E-state index contributed by atoms with van der Waals surface area (Å²) in [6, 6.07) is 8.56. The third kappa shape index (κ3) is 2.92. The second kappa shape index (κ2) is 6.71. The number of benzene rings is 1. The summed E-state index contributed by atoms with van der Waals surface area (Å²) in [5.41, 5.74) is 2.33. The van der Waals surface area contributed by atoms with Gasteiger partial charge in [0, 0.05) is 11.9 Å². The molecule has 7 heteroatoms. The van der Waals surface area contributed by atoms with E-state index in [9.17, 15) is 4.79 Å². The minimum Gasteiger partial charge on any atom is -0.493 e. The lowest BCUT2D eigenvalue weighted by Gasteiger charge is -2.08. The molecule has 124 valence electrons. The summed E-state index contributed by atoms with van der Waals surface area (Å²) in [6.45, 7) is 1.95. The lowest BCUT2D eigenvalue weighted by atomic mass is 10.2. The number of aryl methyl sites for hydroxylation is 1. The number of imidazole rings is 1. The smallest absolute Gasteiger partial charge is 0.274 e. The van der Waals surface area contributed by atoms with Gasteiger partial charge in [-0.25, -0.2) is 4.98 Å². The minimum atomic E-state index is -0.272. The lowest BCUT2D eigenvalue weighted by Crippen LogP contribution is -2.16. The Morgan fingerprint density at radius 2 is 2.08 bits per heavy atom. The Morgan fingerprint density at radius 3 is 2.75 bits per heavy atom. The third-order valence-electron chi connectivity index (χ3n) is 3.63. The van der Waals surface area contributed by atoms with Crippen molar-refractivity contribution in [2.24, 2.45) is 0 Å². The molecule has 0 bridgehead atoms. The number of nitrogens with one attached hydrogen (secondary N) is 1. The van der Waals surface area contributed by atoms with E-state index in [4.69, 9.17) is 27.9 Å². The van der Waals surface area contributed by atoms with Crippen LogP contribution < -0.4 is 10.1 Å². The molecule has 0 saturated carbocycles.